The van der Waals surface area contributed by atoms with Crippen molar-refractivity contribution in [3.05, 3.63) is 41.7 Å². The van der Waals surface area contributed by atoms with E-state index in [1.54, 1.807) is 6.92 Å². The van der Waals surface area contributed by atoms with Gasteiger partial charge in [-0.1, -0.05) is 5.16 Å². The van der Waals surface area contributed by atoms with Crippen LogP contribution in [0.3, 0.4) is 0 Å². The lowest BCUT2D eigenvalue weighted by Crippen LogP contribution is -2.23. The number of nitrogens with zero attached hydrogens (tertiary/aromatic N) is 1. The molecule has 2 aromatic rings. The Kier molecular flexibility index (Phi) is 4.80. The average Bonchev–Trinajstić information content (AvgIpc) is 2.90. The minimum absolute atomic E-state index is 0.0448. The molecule has 8 nitrogen and oxygen atoms in total. The van der Waals surface area contributed by atoms with E-state index in [4.69, 9.17) is 4.52 Å². The van der Waals surface area contributed by atoms with Gasteiger partial charge in [-0.2, -0.15) is 0 Å². The van der Waals surface area contributed by atoms with E-state index in [1.807, 2.05) is 0 Å². The first-order valence-corrected chi connectivity index (χ1v) is 8.25. The third kappa shape index (κ3) is 4.16. The lowest BCUT2D eigenvalue weighted by atomic mass is 10.2. The molecule has 0 atom stereocenters. The van der Waals surface area contributed by atoms with Gasteiger partial charge < -0.3 is 15.2 Å². The van der Waals surface area contributed by atoms with Gasteiger partial charge in [0.25, 0.3) is 5.91 Å². The first kappa shape index (κ1) is 16.7. The van der Waals surface area contributed by atoms with Crippen molar-refractivity contribution < 1.29 is 22.5 Å². The van der Waals surface area contributed by atoms with Crippen LogP contribution in [0.2, 0.25) is 0 Å². The maximum Gasteiger partial charge on any atom is 0.251 e. The highest BCUT2D eigenvalue weighted by molar-refractivity contribution is 7.92. The minimum Gasteiger partial charge on any atom is -0.360 e. The summed E-state index contributed by atoms with van der Waals surface area (Å²) in [6.07, 6.45) is 0. The number of aromatic nitrogens is 1. The van der Waals surface area contributed by atoms with Crippen molar-refractivity contribution in [2.24, 2.45) is 0 Å². The minimum atomic E-state index is -3.82. The van der Waals surface area contributed by atoms with Crippen LogP contribution in [0, 0.1) is 6.92 Å². The van der Waals surface area contributed by atoms with E-state index in [1.165, 1.54) is 37.4 Å². The number of carbonyl (C=O) groups is 2. The van der Waals surface area contributed by atoms with Crippen molar-refractivity contribution in [2.75, 3.05) is 18.1 Å². The van der Waals surface area contributed by atoms with Gasteiger partial charge in [0.2, 0.25) is 5.91 Å². The molecule has 0 aliphatic rings. The molecule has 0 aliphatic heterocycles. The zero-order valence-electron chi connectivity index (χ0n) is 12.5. The molecule has 1 aromatic carbocycles. The van der Waals surface area contributed by atoms with Gasteiger partial charge in [-0.05, 0) is 31.2 Å². The van der Waals surface area contributed by atoms with Crippen molar-refractivity contribution in [1.29, 1.82) is 0 Å². The van der Waals surface area contributed by atoms with Crippen LogP contribution < -0.4 is 10.6 Å². The quantitative estimate of drug-likeness (QED) is 0.831. The molecule has 2 rings (SSSR count). The molecule has 0 radical (unpaired) electrons. The second-order valence-corrected chi connectivity index (χ2v) is 6.72. The van der Waals surface area contributed by atoms with Gasteiger partial charge in [-0.15, -0.1) is 0 Å². The van der Waals surface area contributed by atoms with Crippen molar-refractivity contribution in [1.82, 2.24) is 10.5 Å². The standard InChI is InChI=1S/C14H15N3O5S/c1-9-7-12(17-22-9)16-13(18)8-23(20,21)11-5-3-10(4-6-11)14(19)15-2/h3-7H,8H2,1-2H3,(H,15,19)(H,16,17,18). The number of nitrogens with one attached hydrogen (secondary N) is 2. The lowest BCUT2D eigenvalue weighted by molar-refractivity contribution is -0.113. The van der Waals surface area contributed by atoms with Crippen molar-refractivity contribution >= 4 is 27.5 Å². The predicted molar refractivity (Wildman–Crippen MR) is 81.8 cm³/mol. The van der Waals surface area contributed by atoms with Crippen LogP contribution in [0.5, 0.6) is 0 Å². The number of benzene rings is 1. The van der Waals surface area contributed by atoms with E-state index in [0.29, 0.717) is 11.3 Å². The summed E-state index contributed by atoms with van der Waals surface area (Å²) in [6.45, 7) is 1.65. The molecule has 2 amide bonds. The van der Waals surface area contributed by atoms with Gasteiger partial charge in [0.15, 0.2) is 15.7 Å². The highest BCUT2D eigenvalue weighted by atomic mass is 32.2. The molecule has 0 unspecified atom stereocenters. The Labute approximate surface area is 132 Å². The summed E-state index contributed by atoms with van der Waals surface area (Å²) in [5.74, 6) is -1.15. The zero-order valence-corrected chi connectivity index (χ0v) is 13.3. The molecule has 122 valence electrons. The van der Waals surface area contributed by atoms with Gasteiger partial charge in [0, 0.05) is 18.7 Å². The number of rotatable bonds is 5. The zero-order chi connectivity index (χ0) is 17.0. The van der Waals surface area contributed by atoms with Gasteiger partial charge >= 0.3 is 0 Å². The molecule has 0 fully saturated rings. The number of anilines is 1. The maximum atomic E-state index is 12.2. The number of hydrogen-bond donors (Lipinski definition) is 2. The van der Waals surface area contributed by atoms with E-state index >= 15 is 0 Å². The van der Waals surface area contributed by atoms with Gasteiger partial charge in [-0.3, -0.25) is 9.59 Å². The van der Waals surface area contributed by atoms with Crippen molar-refractivity contribution in [3.8, 4) is 0 Å². The van der Waals surface area contributed by atoms with E-state index in [0.717, 1.165) is 0 Å². The highest BCUT2D eigenvalue weighted by Crippen LogP contribution is 2.14. The smallest absolute Gasteiger partial charge is 0.251 e. The SMILES string of the molecule is CNC(=O)c1ccc(S(=O)(=O)CC(=O)Nc2cc(C)on2)cc1. The fraction of sp³-hybridized carbons (Fsp3) is 0.214. The van der Waals surface area contributed by atoms with Crippen LogP contribution in [0.15, 0.2) is 39.8 Å². The van der Waals surface area contributed by atoms with Gasteiger partial charge in [0.05, 0.1) is 4.90 Å². The Morgan fingerprint density at radius 3 is 2.39 bits per heavy atom. The van der Waals surface area contributed by atoms with Crippen molar-refractivity contribution in [2.45, 2.75) is 11.8 Å². The number of amides is 2. The highest BCUT2D eigenvalue weighted by Gasteiger charge is 2.20. The molecule has 0 saturated carbocycles. The molecule has 1 heterocycles. The van der Waals surface area contributed by atoms with Crippen LogP contribution in [0.25, 0.3) is 0 Å². The average molecular weight is 337 g/mol. The molecule has 2 N–H and O–H groups in total. The number of hydrogen-bond acceptors (Lipinski definition) is 6. The van der Waals surface area contributed by atoms with E-state index < -0.39 is 21.5 Å². The lowest BCUT2D eigenvalue weighted by Gasteiger charge is -2.05. The van der Waals surface area contributed by atoms with Crippen LogP contribution >= 0.6 is 0 Å². The Morgan fingerprint density at radius 2 is 1.87 bits per heavy atom. The van der Waals surface area contributed by atoms with Crippen LogP contribution in [-0.4, -0.2) is 38.2 Å². The predicted octanol–water partition coefficient (Wildman–Crippen LogP) is 0.755. The molecule has 0 aliphatic carbocycles. The second kappa shape index (κ2) is 6.61. The summed E-state index contributed by atoms with van der Waals surface area (Å²) in [7, 11) is -2.35. The second-order valence-electron chi connectivity index (χ2n) is 4.73. The summed E-state index contributed by atoms with van der Waals surface area (Å²) in [6, 6.07) is 6.80. The summed E-state index contributed by atoms with van der Waals surface area (Å²) in [5.41, 5.74) is 0.328. The number of sulfone groups is 1. The summed E-state index contributed by atoms with van der Waals surface area (Å²) in [5, 5.41) is 8.33. The molecular formula is C14H15N3O5S. The maximum absolute atomic E-state index is 12.2. The Bertz CT molecular complexity index is 824. The molecule has 0 bridgehead atoms. The van der Waals surface area contributed by atoms with Crippen molar-refractivity contribution in [3.63, 3.8) is 0 Å². The summed E-state index contributed by atoms with van der Waals surface area (Å²) >= 11 is 0. The van der Waals surface area contributed by atoms with E-state index in [9.17, 15) is 18.0 Å². The largest absolute Gasteiger partial charge is 0.360 e. The molecule has 23 heavy (non-hydrogen) atoms. The Hall–Kier alpha value is -2.68. The first-order valence-electron chi connectivity index (χ1n) is 6.60. The molecular weight excluding hydrogens is 322 g/mol. The Morgan fingerprint density at radius 1 is 1.22 bits per heavy atom. The molecule has 0 spiro atoms. The summed E-state index contributed by atoms with van der Waals surface area (Å²) < 4.78 is 29.1. The fourth-order valence-corrected chi connectivity index (χ4v) is 2.95. The van der Waals surface area contributed by atoms with E-state index in [-0.39, 0.29) is 16.6 Å². The fourth-order valence-electron chi connectivity index (χ4n) is 1.82. The van der Waals surface area contributed by atoms with Crippen LogP contribution in [-0.2, 0) is 14.6 Å². The topological polar surface area (TPSA) is 118 Å². The molecule has 1 aromatic heterocycles. The van der Waals surface area contributed by atoms with Crippen LogP contribution in [0.1, 0.15) is 16.1 Å². The van der Waals surface area contributed by atoms with E-state index in [2.05, 4.69) is 15.8 Å². The molecule has 9 heteroatoms. The number of aryl methyl sites for hydroxylation is 1. The molecule has 0 saturated heterocycles. The van der Waals surface area contributed by atoms with Gasteiger partial charge in [-0.25, -0.2) is 8.42 Å². The first-order chi connectivity index (χ1) is 10.8. The third-order valence-electron chi connectivity index (χ3n) is 2.92. The number of carbonyl (C=O) groups excluding carboxylic acids is 2. The summed E-state index contributed by atoms with van der Waals surface area (Å²) in [4.78, 5) is 23.2. The monoisotopic (exact) mass is 337 g/mol. The van der Waals surface area contributed by atoms with Gasteiger partial charge in [0.1, 0.15) is 11.5 Å². The van der Waals surface area contributed by atoms with Crippen LogP contribution in [0.4, 0.5) is 5.82 Å². The normalized spacial score (nSPS) is 11.0. The Balaban J connectivity index is 2.08. The third-order valence-corrected chi connectivity index (χ3v) is 4.55.